The number of carbonyl (C=O) groups is 2. The van der Waals surface area contributed by atoms with Gasteiger partial charge in [-0.3, -0.25) is 5.32 Å². The van der Waals surface area contributed by atoms with Crippen LogP contribution in [0.1, 0.15) is 53.2 Å². The Morgan fingerprint density at radius 2 is 1.71 bits per heavy atom. The fourth-order valence-corrected chi connectivity index (χ4v) is 3.09. The summed E-state index contributed by atoms with van der Waals surface area (Å²) in [7, 11) is 0. The van der Waals surface area contributed by atoms with E-state index in [0.717, 1.165) is 5.56 Å². The molecule has 10 nitrogen and oxygen atoms in total. The van der Waals surface area contributed by atoms with Gasteiger partial charge >= 0.3 is 12.2 Å². The van der Waals surface area contributed by atoms with Crippen LogP contribution < -0.4 is 10.1 Å². The van der Waals surface area contributed by atoms with Gasteiger partial charge < -0.3 is 23.8 Å². The van der Waals surface area contributed by atoms with Crippen LogP contribution in [0.2, 0.25) is 0 Å². The largest absolute Gasteiger partial charge is 0.454 e. The highest BCUT2D eigenvalue weighted by Gasteiger charge is 2.29. The monoisotopic (exact) mass is 472 g/mol. The van der Waals surface area contributed by atoms with Crippen molar-refractivity contribution in [2.75, 3.05) is 25.0 Å². The van der Waals surface area contributed by atoms with Gasteiger partial charge in [-0.25, -0.2) is 19.6 Å². The first-order valence-corrected chi connectivity index (χ1v) is 11.1. The molecule has 10 heteroatoms. The molecule has 0 aliphatic carbocycles. The third-order valence-electron chi connectivity index (χ3n) is 4.42. The van der Waals surface area contributed by atoms with Gasteiger partial charge in [0.05, 0.1) is 25.5 Å². The second-order valence-corrected chi connectivity index (χ2v) is 9.83. The van der Waals surface area contributed by atoms with Gasteiger partial charge in [0.1, 0.15) is 23.1 Å². The zero-order valence-corrected chi connectivity index (χ0v) is 20.5. The third kappa shape index (κ3) is 7.87. The molecule has 2 amide bonds. The van der Waals surface area contributed by atoms with Crippen LogP contribution >= 0.6 is 0 Å². The molecule has 1 N–H and O–H groups in total. The van der Waals surface area contributed by atoms with E-state index in [1.54, 1.807) is 31.7 Å². The molecule has 34 heavy (non-hydrogen) atoms. The van der Waals surface area contributed by atoms with E-state index in [1.165, 1.54) is 12.4 Å². The maximum absolute atomic E-state index is 12.4. The second kappa shape index (κ2) is 10.3. The zero-order chi connectivity index (χ0) is 24.9. The molecule has 0 radical (unpaired) electrons. The summed E-state index contributed by atoms with van der Waals surface area (Å²) in [6, 6.07) is 7.40. The molecule has 0 bridgehead atoms. The molecular formula is C24H32N4O6. The SMILES string of the molecule is CC(C)(C)OC(=O)Nc1ncc(Oc2cccc(C3CN(C(=O)OC(C)(C)C)CCO3)c2)cn1. The van der Waals surface area contributed by atoms with Gasteiger partial charge in [-0.1, -0.05) is 12.1 Å². The van der Waals surface area contributed by atoms with Crippen molar-refractivity contribution in [2.45, 2.75) is 58.8 Å². The van der Waals surface area contributed by atoms with Crippen molar-refractivity contribution in [1.29, 1.82) is 0 Å². The van der Waals surface area contributed by atoms with E-state index in [0.29, 0.717) is 31.2 Å². The Kier molecular flexibility index (Phi) is 7.61. The Balaban J connectivity index is 1.61. The molecule has 1 fully saturated rings. The maximum Gasteiger partial charge on any atom is 0.414 e. The Labute approximate surface area is 199 Å². The molecule has 1 aliphatic rings. The van der Waals surface area contributed by atoms with Gasteiger partial charge in [0.2, 0.25) is 5.95 Å². The lowest BCUT2D eigenvalue weighted by molar-refractivity contribution is -0.0433. The van der Waals surface area contributed by atoms with Gasteiger partial charge in [-0.05, 0) is 59.2 Å². The van der Waals surface area contributed by atoms with Crippen LogP contribution in [0.4, 0.5) is 15.5 Å². The molecule has 1 aromatic heterocycles. The molecule has 1 saturated heterocycles. The van der Waals surface area contributed by atoms with Crippen LogP contribution in [0, 0.1) is 0 Å². The van der Waals surface area contributed by atoms with Crippen molar-refractivity contribution in [1.82, 2.24) is 14.9 Å². The van der Waals surface area contributed by atoms with E-state index in [2.05, 4.69) is 15.3 Å². The normalized spacial score (nSPS) is 16.5. The standard InChI is InChI=1S/C24H32N4O6/c1-23(2,3)33-21(29)27-20-25-13-18(14-26-20)32-17-9-7-8-16(12-17)19-15-28(10-11-31-19)22(30)34-24(4,5)6/h7-9,12-14,19H,10-11,15H2,1-6H3,(H,25,26,27,29). The number of morpholine rings is 1. The molecule has 3 rings (SSSR count). The van der Waals surface area contributed by atoms with E-state index in [9.17, 15) is 9.59 Å². The predicted molar refractivity (Wildman–Crippen MR) is 125 cm³/mol. The minimum absolute atomic E-state index is 0.105. The molecule has 184 valence electrons. The van der Waals surface area contributed by atoms with Crippen LogP contribution in [0.25, 0.3) is 0 Å². The molecule has 1 aromatic carbocycles. The Morgan fingerprint density at radius 3 is 2.35 bits per heavy atom. The lowest BCUT2D eigenvalue weighted by atomic mass is 10.1. The lowest BCUT2D eigenvalue weighted by Crippen LogP contribution is -2.44. The van der Waals surface area contributed by atoms with Crippen molar-refractivity contribution in [3.8, 4) is 11.5 Å². The van der Waals surface area contributed by atoms with E-state index < -0.39 is 17.3 Å². The number of ether oxygens (including phenoxy) is 4. The van der Waals surface area contributed by atoms with E-state index >= 15 is 0 Å². The summed E-state index contributed by atoms with van der Waals surface area (Å²) in [6.45, 7) is 12.1. The van der Waals surface area contributed by atoms with Gasteiger partial charge in [0.15, 0.2) is 5.75 Å². The van der Waals surface area contributed by atoms with Crippen LogP contribution in [-0.2, 0) is 14.2 Å². The molecule has 1 unspecified atom stereocenters. The summed E-state index contributed by atoms with van der Waals surface area (Å²) in [4.78, 5) is 34.1. The molecular weight excluding hydrogens is 440 g/mol. The first-order valence-electron chi connectivity index (χ1n) is 11.1. The van der Waals surface area contributed by atoms with E-state index in [-0.39, 0.29) is 18.1 Å². The number of nitrogens with one attached hydrogen (secondary N) is 1. The summed E-state index contributed by atoms with van der Waals surface area (Å²) < 4.78 is 22.4. The molecule has 1 aliphatic heterocycles. The van der Waals surface area contributed by atoms with Crippen LogP contribution in [0.5, 0.6) is 11.5 Å². The summed E-state index contributed by atoms with van der Waals surface area (Å²) in [5, 5.41) is 2.47. The quantitative estimate of drug-likeness (QED) is 0.667. The minimum atomic E-state index is -0.637. The number of hydrogen-bond acceptors (Lipinski definition) is 8. The van der Waals surface area contributed by atoms with Crippen molar-refractivity contribution in [3.63, 3.8) is 0 Å². The number of amides is 2. The second-order valence-electron chi connectivity index (χ2n) is 9.83. The van der Waals surface area contributed by atoms with E-state index in [4.69, 9.17) is 18.9 Å². The van der Waals surface area contributed by atoms with Gasteiger partial charge in [-0.2, -0.15) is 0 Å². The van der Waals surface area contributed by atoms with Crippen molar-refractivity contribution in [2.24, 2.45) is 0 Å². The highest BCUT2D eigenvalue weighted by molar-refractivity contribution is 5.82. The lowest BCUT2D eigenvalue weighted by Gasteiger charge is -2.34. The number of benzene rings is 1. The van der Waals surface area contributed by atoms with E-state index in [1.807, 2.05) is 39.0 Å². The average molecular weight is 473 g/mol. The molecule has 1 atom stereocenters. The average Bonchev–Trinajstić information content (AvgIpc) is 2.73. The van der Waals surface area contributed by atoms with Crippen LogP contribution in [0.3, 0.4) is 0 Å². The Morgan fingerprint density at radius 1 is 1.03 bits per heavy atom. The number of carbonyl (C=O) groups excluding carboxylic acids is 2. The number of anilines is 1. The summed E-state index contributed by atoms with van der Waals surface area (Å²) >= 11 is 0. The maximum atomic E-state index is 12.4. The first-order chi connectivity index (χ1) is 15.9. The minimum Gasteiger partial charge on any atom is -0.454 e. The van der Waals surface area contributed by atoms with Crippen LogP contribution in [0.15, 0.2) is 36.7 Å². The van der Waals surface area contributed by atoms with Crippen LogP contribution in [-0.4, -0.2) is 58.0 Å². The fourth-order valence-electron chi connectivity index (χ4n) is 3.09. The smallest absolute Gasteiger partial charge is 0.414 e. The Bertz CT molecular complexity index is 998. The van der Waals surface area contributed by atoms with Gasteiger partial charge in [0, 0.05) is 6.54 Å². The molecule has 0 saturated carbocycles. The third-order valence-corrected chi connectivity index (χ3v) is 4.42. The molecule has 2 heterocycles. The highest BCUT2D eigenvalue weighted by Crippen LogP contribution is 2.28. The fraction of sp³-hybridized carbons (Fsp3) is 0.500. The molecule has 0 spiro atoms. The summed E-state index contributed by atoms with van der Waals surface area (Å²) in [6.07, 6.45) is 1.61. The van der Waals surface area contributed by atoms with Crippen molar-refractivity contribution in [3.05, 3.63) is 42.2 Å². The van der Waals surface area contributed by atoms with Gasteiger partial charge in [0.25, 0.3) is 0 Å². The summed E-state index contributed by atoms with van der Waals surface area (Å²) in [5.41, 5.74) is -0.307. The molecule has 2 aromatic rings. The summed E-state index contributed by atoms with van der Waals surface area (Å²) in [5.74, 6) is 1.06. The Hall–Kier alpha value is -3.40. The number of hydrogen-bond donors (Lipinski definition) is 1. The highest BCUT2D eigenvalue weighted by atomic mass is 16.6. The number of rotatable bonds is 4. The van der Waals surface area contributed by atoms with Crippen molar-refractivity contribution < 1.29 is 28.5 Å². The predicted octanol–water partition coefficient (Wildman–Crippen LogP) is 4.92. The topological polar surface area (TPSA) is 112 Å². The van der Waals surface area contributed by atoms with Crippen molar-refractivity contribution >= 4 is 18.1 Å². The number of aromatic nitrogens is 2. The van der Waals surface area contributed by atoms with Gasteiger partial charge in [-0.15, -0.1) is 0 Å². The first kappa shape index (κ1) is 25.2. The zero-order valence-electron chi connectivity index (χ0n) is 20.5. The number of nitrogens with zero attached hydrogens (tertiary/aromatic N) is 3.